The Labute approximate surface area is 108 Å². The highest BCUT2D eigenvalue weighted by Crippen LogP contribution is 2.19. The fourth-order valence-electron chi connectivity index (χ4n) is 1.38. The lowest BCUT2D eigenvalue weighted by Crippen LogP contribution is -2.22. The number of nitrogens with zero attached hydrogens (tertiary/aromatic N) is 3. The van der Waals surface area contributed by atoms with Crippen molar-refractivity contribution in [1.29, 1.82) is 0 Å². The van der Waals surface area contributed by atoms with Gasteiger partial charge < -0.3 is 10.2 Å². The Kier molecular flexibility index (Phi) is 5.55. The number of hydrogen-bond donors (Lipinski definition) is 1. The molecule has 0 aromatic carbocycles. The van der Waals surface area contributed by atoms with Crippen molar-refractivity contribution in [3.8, 4) is 0 Å². The predicted octanol–water partition coefficient (Wildman–Crippen LogP) is 2.44. The van der Waals surface area contributed by atoms with Crippen LogP contribution in [0.5, 0.6) is 0 Å². The molecule has 0 fully saturated rings. The maximum atomic E-state index is 4.60. The van der Waals surface area contributed by atoms with Crippen LogP contribution in [0.15, 0.2) is 6.07 Å². The lowest BCUT2D eigenvalue weighted by atomic mass is 10.2. The quantitative estimate of drug-likeness (QED) is 0.844. The van der Waals surface area contributed by atoms with E-state index >= 15 is 0 Å². The van der Waals surface area contributed by atoms with Crippen LogP contribution >= 0.6 is 11.8 Å². The average molecular weight is 254 g/mol. The van der Waals surface area contributed by atoms with Crippen LogP contribution in [0.1, 0.15) is 25.6 Å². The van der Waals surface area contributed by atoms with E-state index in [0.29, 0.717) is 5.92 Å². The summed E-state index contributed by atoms with van der Waals surface area (Å²) in [4.78, 5) is 11.2. The van der Waals surface area contributed by atoms with E-state index in [9.17, 15) is 0 Å². The predicted molar refractivity (Wildman–Crippen MR) is 77.3 cm³/mol. The molecule has 0 aliphatic carbocycles. The molecule has 0 spiro atoms. The molecule has 0 saturated carbocycles. The summed E-state index contributed by atoms with van der Waals surface area (Å²) in [7, 11) is 3.96. The van der Waals surface area contributed by atoms with Gasteiger partial charge in [-0.05, 0) is 6.26 Å². The minimum absolute atomic E-state index is 0.344. The van der Waals surface area contributed by atoms with Gasteiger partial charge in [0.05, 0.1) is 0 Å². The van der Waals surface area contributed by atoms with Gasteiger partial charge in [-0.15, -0.1) is 0 Å². The number of aromatic nitrogens is 2. The monoisotopic (exact) mass is 254 g/mol. The van der Waals surface area contributed by atoms with Gasteiger partial charge in [0.15, 0.2) is 0 Å². The molecule has 0 saturated heterocycles. The number of nitrogens with one attached hydrogen (secondary N) is 1. The second-order valence-electron chi connectivity index (χ2n) is 4.29. The third-order valence-electron chi connectivity index (χ3n) is 2.52. The van der Waals surface area contributed by atoms with Crippen molar-refractivity contribution >= 4 is 23.4 Å². The summed E-state index contributed by atoms with van der Waals surface area (Å²) in [5.41, 5.74) is 0. The Morgan fingerprint density at radius 2 is 2.12 bits per heavy atom. The molecule has 4 nitrogen and oxygen atoms in total. The summed E-state index contributed by atoms with van der Waals surface area (Å²) in [6, 6.07) is 1.99. The summed E-state index contributed by atoms with van der Waals surface area (Å²) in [6.45, 7) is 5.22. The topological polar surface area (TPSA) is 41.0 Å². The van der Waals surface area contributed by atoms with Crippen molar-refractivity contribution in [3.63, 3.8) is 0 Å². The first-order chi connectivity index (χ1) is 8.08. The van der Waals surface area contributed by atoms with Crippen molar-refractivity contribution in [2.24, 2.45) is 0 Å². The highest BCUT2D eigenvalue weighted by Gasteiger charge is 2.10. The number of hydrogen-bond acceptors (Lipinski definition) is 5. The molecule has 17 heavy (non-hydrogen) atoms. The zero-order chi connectivity index (χ0) is 12.8. The van der Waals surface area contributed by atoms with E-state index in [1.807, 2.05) is 24.9 Å². The Bertz CT molecular complexity index is 354. The molecule has 1 aromatic heterocycles. The Hall–Kier alpha value is -0.970. The van der Waals surface area contributed by atoms with Gasteiger partial charge in [0.1, 0.15) is 17.5 Å². The van der Waals surface area contributed by atoms with E-state index in [4.69, 9.17) is 0 Å². The molecule has 1 N–H and O–H groups in total. The van der Waals surface area contributed by atoms with Crippen LogP contribution in [-0.2, 0) is 0 Å². The second-order valence-corrected chi connectivity index (χ2v) is 5.27. The van der Waals surface area contributed by atoms with Gasteiger partial charge in [-0.25, -0.2) is 9.97 Å². The highest BCUT2D eigenvalue weighted by atomic mass is 32.2. The van der Waals surface area contributed by atoms with Crippen molar-refractivity contribution in [2.45, 2.75) is 19.8 Å². The molecular formula is C12H22N4S. The van der Waals surface area contributed by atoms with E-state index in [-0.39, 0.29) is 0 Å². The number of anilines is 2. The van der Waals surface area contributed by atoms with E-state index in [1.54, 1.807) is 0 Å². The lowest BCUT2D eigenvalue weighted by molar-refractivity contribution is 0.767. The maximum absolute atomic E-state index is 4.60. The van der Waals surface area contributed by atoms with E-state index < -0.39 is 0 Å². The first kappa shape index (κ1) is 14.1. The van der Waals surface area contributed by atoms with Gasteiger partial charge >= 0.3 is 0 Å². The van der Waals surface area contributed by atoms with E-state index in [1.165, 1.54) is 0 Å². The minimum Gasteiger partial charge on any atom is -0.373 e. The zero-order valence-corrected chi connectivity index (χ0v) is 12.1. The van der Waals surface area contributed by atoms with Gasteiger partial charge in [0, 0.05) is 38.4 Å². The molecule has 0 bridgehead atoms. The largest absolute Gasteiger partial charge is 0.373 e. The van der Waals surface area contributed by atoms with Gasteiger partial charge in [-0.1, -0.05) is 13.8 Å². The zero-order valence-electron chi connectivity index (χ0n) is 11.3. The fraction of sp³-hybridized carbons (Fsp3) is 0.667. The summed E-state index contributed by atoms with van der Waals surface area (Å²) >= 11 is 1.84. The fourth-order valence-corrected chi connectivity index (χ4v) is 1.83. The SMILES string of the molecule is CNc1cc(N(C)CCSC)nc(C(C)C)n1. The van der Waals surface area contributed by atoms with Crippen LogP contribution in [0.4, 0.5) is 11.6 Å². The Morgan fingerprint density at radius 3 is 2.65 bits per heavy atom. The van der Waals surface area contributed by atoms with Crippen molar-refractivity contribution in [2.75, 3.05) is 42.9 Å². The molecule has 0 aliphatic heterocycles. The summed E-state index contributed by atoms with van der Waals surface area (Å²) in [6.07, 6.45) is 2.12. The van der Waals surface area contributed by atoms with Gasteiger partial charge in [0.2, 0.25) is 0 Å². The Morgan fingerprint density at radius 1 is 1.41 bits per heavy atom. The smallest absolute Gasteiger partial charge is 0.135 e. The number of thioether (sulfide) groups is 1. The molecule has 0 amide bonds. The van der Waals surface area contributed by atoms with Crippen LogP contribution in [-0.4, -0.2) is 42.6 Å². The van der Waals surface area contributed by atoms with Gasteiger partial charge in [-0.3, -0.25) is 0 Å². The first-order valence-electron chi connectivity index (χ1n) is 5.85. The third kappa shape index (κ3) is 4.07. The lowest BCUT2D eigenvalue weighted by Gasteiger charge is -2.19. The number of rotatable bonds is 6. The van der Waals surface area contributed by atoms with Gasteiger partial charge in [-0.2, -0.15) is 11.8 Å². The molecule has 0 aliphatic rings. The Balaban J connectivity index is 2.93. The highest BCUT2D eigenvalue weighted by molar-refractivity contribution is 7.98. The summed E-state index contributed by atoms with van der Waals surface area (Å²) in [5, 5.41) is 3.09. The van der Waals surface area contributed by atoms with Crippen LogP contribution < -0.4 is 10.2 Å². The first-order valence-corrected chi connectivity index (χ1v) is 7.24. The molecule has 0 radical (unpaired) electrons. The van der Waals surface area contributed by atoms with Gasteiger partial charge in [0.25, 0.3) is 0 Å². The molecule has 5 heteroatoms. The molecule has 1 heterocycles. The van der Waals surface area contributed by atoms with Crippen molar-refractivity contribution in [1.82, 2.24) is 9.97 Å². The molecule has 1 rings (SSSR count). The standard InChI is InChI=1S/C12H22N4S/c1-9(2)12-14-10(13-3)8-11(15-12)16(4)6-7-17-5/h8-9H,6-7H2,1-5H3,(H,13,14,15). The average Bonchev–Trinajstić information content (AvgIpc) is 2.35. The van der Waals surface area contributed by atoms with Crippen LogP contribution in [0, 0.1) is 0 Å². The maximum Gasteiger partial charge on any atom is 0.135 e. The third-order valence-corrected chi connectivity index (χ3v) is 3.12. The normalized spacial score (nSPS) is 10.7. The molecule has 0 unspecified atom stereocenters. The van der Waals surface area contributed by atoms with Crippen LogP contribution in [0.25, 0.3) is 0 Å². The van der Waals surface area contributed by atoms with Crippen molar-refractivity contribution in [3.05, 3.63) is 11.9 Å². The van der Waals surface area contributed by atoms with E-state index in [0.717, 1.165) is 29.8 Å². The molecule has 96 valence electrons. The summed E-state index contributed by atoms with van der Waals surface area (Å²) < 4.78 is 0. The van der Waals surface area contributed by atoms with E-state index in [2.05, 4.69) is 47.3 Å². The summed E-state index contributed by atoms with van der Waals surface area (Å²) in [5.74, 6) is 4.21. The van der Waals surface area contributed by atoms with Crippen LogP contribution in [0.2, 0.25) is 0 Å². The minimum atomic E-state index is 0.344. The second kappa shape index (κ2) is 6.69. The van der Waals surface area contributed by atoms with Crippen LogP contribution in [0.3, 0.4) is 0 Å². The molecule has 1 aromatic rings. The molecular weight excluding hydrogens is 232 g/mol. The van der Waals surface area contributed by atoms with Crippen molar-refractivity contribution < 1.29 is 0 Å². The molecule has 0 atom stereocenters.